The second-order valence-electron chi connectivity index (χ2n) is 4.71. The summed E-state index contributed by atoms with van der Waals surface area (Å²) >= 11 is 0. The third-order valence-corrected chi connectivity index (χ3v) is 2.99. The van der Waals surface area contributed by atoms with Crippen molar-refractivity contribution >= 4 is 12.2 Å². The predicted octanol–water partition coefficient (Wildman–Crippen LogP) is 2.02. The lowest BCUT2D eigenvalue weighted by Crippen LogP contribution is -2.31. The van der Waals surface area contributed by atoms with Gasteiger partial charge in [0, 0.05) is 12.1 Å². The van der Waals surface area contributed by atoms with Crippen molar-refractivity contribution in [2.24, 2.45) is 22.2 Å². The molecule has 0 spiro atoms. The van der Waals surface area contributed by atoms with Crippen LogP contribution in [0.15, 0.2) is 16.8 Å². The Morgan fingerprint density at radius 1 is 1.73 bits per heavy atom. The zero-order valence-electron chi connectivity index (χ0n) is 9.58. The lowest BCUT2D eigenvalue weighted by Gasteiger charge is -2.35. The molecule has 0 saturated carbocycles. The Morgan fingerprint density at radius 2 is 2.40 bits per heavy atom. The van der Waals surface area contributed by atoms with Crippen molar-refractivity contribution in [3.8, 4) is 0 Å². The van der Waals surface area contributed by atoms with Crippen molar-refractivity contribution in [3.63, 3.8) is 0 Å². The van der Waals surface area contributed by atoms with Crippen LogP contribution in [0.2, 0.25) is 0 Å². The summed E-state index contributed by atoms with van der Waals surface area (Å²) < 4.78 is 0. The van der Waals surface area contributed by atoms with Crippen molar-refractivity contribution in [1.29, 1.82) is 0 Å². The lowest BCUT2D eigenvalue weighted by atomic mass is 9.69. The number of carbonyl (C=O) groups excluding carboxylic acids is 1. The predicted molar refractivity (Wildman–Crippen MR) is 61.5 cm³/mol. The zero-order valence-corrected chi connectivity index (χ0v) is 9.58. The third-order valence-electron chi connectivity index (χ3n) is 2.99. The highest BCUT2D eigenvalue weighted by atomic mass is 16.2. The van der Waals surface area contributed by atoms with E-state index in [1.165, 1.54) is 5.57 Å². The maximum Gasteiger partial charge on any atom is 0.332 e. The Balaban J connectivity index is 2.72. The molecule has 0 radical (unpaired) electrons. The molecule has 1 atom stereocenters. The normalized spacial score (nSPS) is 25.0. The van der Waals surface area contributed by atoms with E-state index in [4.69, 9.17) is 5.73 Å². The molecule has 1 aliphatic carbocycles. The maximum absolute atomic E-state index is 10.5. The van der Waals surface area contributed by atoms with Gasteiger partial charge in [0.15, 0.2) is 0 Å². The van der Waals surface area contributed by atoms with Crippen LogP contribution in [0.3, 0.4) is 0 Å². The van der Waals surface area contributed by atoms with Crippen molar-refractivity contribution in [2.75, 3.05) is 0 Å². The number of nitrogens with zero attached hydrogens (tertiary/aromatic N) is 1. The molecule has 0 aromatic rings. The van der Waals surface area contributed by atoms with Crippen LogP contribution in [0, 0.1) is 11.3 Å². The molecule has 0 aromatic carbocycles. The summed E-state index contributed by atoms with van der Waals surface area (Å²) in [6.07, 6.45) is 6.26. The molecule has 1 rings (SSSR count). The van der Waals surface area contributed by atoms with Gasteiger partial charge >= 0.3 is 6.03 Å². The molecule has 3 N–H and O–H groups in total. The van der Waals surface area contributed by atoms with E-state index in [1.54, 1.807) is 6.21 Å². The molecule has 1 unspecified atom stereocenters. The Kier molecular flexibility index (Phi) is 3.50. The number of nitrogens with one attached hydrogen (secondary N) is 1. The number of hydrazone groups is 1. The third kappa shape index (κ3) is 3.08. The standard InChI is InChI=1S/C11H19N3O/c1-8-5-4-6-11(2,3)9(8)7-13-14-10(12)15/h5,7,9H,4,6H2,1-3H3,(H3,12,14,15)/b13-7+. The van der Waals surface area contributed by atoms with Gasteiger partial charge < -0.3 is 5.73 Å². The number of amides is 2. The molecule has 0 saturated heterocycles. The molecule has 4 heteroatoms. The first-order chi connectivity index (χ1) is 6.93. The Bertz CT molecular complexity index is 305. The maximum atomic E-state index is 10.5. The van der Waals surface area contributed by atoms with E-state index < -0.39 is 6.03 Å². The fourth-order valence-electron chi connectivity index (χ4n) is 2.07. The van der Waals surface area contributed by atoms with Crippen LogP contribution in [-0.2, 0) is 0 Å². The van der Waals surface area contributed by atoms with Gasteiger partial charge in [-0.3, -0.25) is 0 Å². The van der Waals surface area contributed by atoms with Gasteiger partial charge in [0.25, 0.3) is 0 Å². The molecule has 1 aliphatic rings. The van der Waals surface area contributed by atoms with E-state index in [1.807, 2.05) is 0 Å². The van der Waals surface area contributed by atoms with E-state index in [9.17, 15) is 4.79 Å². The average Bonchev–Trinajstić information content (AvgIpc) is 2.09. The van der Waals surface area contributed by atoms with Gasteiger partial charge in [-0.1, -0.05) is 25.5 Å². The van der Waals surface area contributed by atoms with E-state index in [0.29, 0.717) is 0 Å². The number of hydrogen-bond donors (Lipinski definition) is 2. The summed E-state index contributed by atoms with van der Waals surface area (Å²) in [7, 11) is 0. The summed E-state index contributed by atoms with van der Waals surface area (Å²) in [5.41, 5.74) is 8.67. The van der Waals surface area contributed by atoms with Crippen LogP contribution in [0.4, 0.5) is 4.79 Å². The minimum Gasteiger partial charge on any atom is -0.350 e. The van der Waals surface area contributed by atoms with Gasteiger partial charge in [-0.25, -0.2) is 10.2 Å². The molecular formula is C11H19N3O. The first kappa shape index (κ1) is 11.8. The van der Waals surface area contributed by atoms with Crippen molar-refractivity contribution in [3.05, 3.63) is 11.6 Å². The Hall–Kier alpha value is -1.32. The second kappa shape index (κ2) is 4.47. The minimum absolute atomic E-state index is 0.196. The highest BCUT2D eigenvalue weighted by molar-refractivity contribution is 5.74. The summed E-state index contributed by atoms with van der Waals surface area (Å²) in [5, 5.41) is 3.85. The molecule has 84 valence electrons. The van der Waals surface area contributed by atoms with Crippen molar-refractivity contribution < 1.29 is 4.79 Å². The van der Waals surface area contributed by atoms with E-state index >= 15 is 0 Å². The number of nitrogens with two attached hydrogens (primary N) is 1. The van der Waals surface area contributed by atoms with Crippen LogP contribution < -0.4 is 11.2 Å². The van der Waals surface area contributed by atoms with Gasteiger partial charge in [0.1, 0.15) is 0 Å². The quantitative estimate of drug-likeness (QED) is 0.408. The number of allylic oxidation sites excluding steroid dienone is 2. The first-order valence-corrected chi connectivity index (χ1v) is 5.19. The van der Waals surface area contributed by atoms with Gasteiger partial charge in [-0.2, -0.15) is 5.10 Å². The zero-order chi connectivity index (χ0) is 11.5. The SMILES string of the molecule is CC1=CCCC(C)(C)C1/C=N/NC(N)=O. The number of primary amides is 1. The smallest absolute Gasteiger partial charge is 0.332 e. The minimum atomic E-state index is -0.624. The fourth-order valence-corrected chi connectivity index (χ4v) is 2.07. The molecule has 0 aliphatic heterocycles. The summed E-state index contributed by atoms with van der Waals surface area (Å²) in [6.45, 7) is 6.52. The van der Waals surface area contributed by atoms with Crippen molar-refractivity contribution in [2.45, 2.75) is 33.6 Å². The summed E-state index contributed by atoms with van der Waals surface area (Å²) in [6, 6.07) is -0.624. The van der Waals surface area contributed by atoms with Gasteiger partial charge in [0.05, 0.1) is 0 Å². The molecule has 4 nitrogen and oxygen atoms in total. The number of urea groups is 1. The van der Waals surface area contributed by atoms with Crippen LogP contribution >= 0.6 is 0 Å². The van der Waals surface area contributed by atoms with E-state index in [2.05, 4.69) is 37.4 Å². The van der Waals surface area contributed by atoms with Crippen LogP contribution in [0.5, 0.6) is 0 Å². The molecule has 0 aromatic heterocycles. The molecular weight excluding hydrogens is 190 g/mol. The van der Waals surface area contributed by atoms with Crippen LogP contribution in [-0.4, -0.2) is 12.2 Å². The second-order valence-corrected chi connectivity index (χ2v) is 4.71. The van der Waals surface area contributed by atoms with E-state index in [0.717, 1.165) is 12.8 Å². The highest BCUT2D eigenvalue weighted by Crippen LogP contribution is 2.39. The highest BCUT2D eigenvalue weighted by Gasteiger charge is 2.31. The topological polar surface area (TPSA) is 67.5 Å². The van der Waals surface area contributed by atoms with Gasteiger partial charge in [0.2, 0.25) is 0 Å². The largest absolute Gasteiger partial charge is 0.350 e. The van der Waals surface area contributed by atoms with Crippen molar-refractivity contribution in [1.82, 2.24) is 5.43 Å². The molecule has 0 bridgehead atoms. The Morgan fingerprint density at radius 3 is 2.93 bits per heavy atom. The van der Waals surface area contributed by atoms with Crippen LogP contribution in [0.25, 0.3) is 0 Å². The Labute approximate surface area is 90.6 Å². The lowest BCUT2D eigenvalue weighted by molar-refractivity contribution is 0.248. The van der Waals surface area contributed by atoms with Gasteiger partial charge in [-0.15, -0.1) is 0 Å². The molecule has 0 heterocycles. The van der Waals surface area contributed by atoms with Gasteiger partial charge in [-0.05, 0) is 25.2 Å². The number of rotatable bonds is 2. The van der Waals surface area contributed by atoms with E-state index in [-0.39, 0.29) is 11.3 Å². The first-order valence-electron chi connectivity index (χ1n) is 5.19. The number of hydrogen-bond acceptors (Lipinski definition) is 2. The van der Waals surface area contributed by atoms with Crippen LogP contribution in [0.1, 0.15) is 33.6 Å². The molecule has 2 amide bonds. The average molecular weight is 209 g/mol. The summed E-state index contributed by atoms with van der Waals surface area (Å²) in [4.78, 5) is 10.5. The molecule has 0 fully saturated rings. The monoisotopic (exact) mass is 209 g/mol. The molecule has 15 heavy (non-hydrogen) atoms. The fraction of sp³-hybridized carbons (Fsp3) is 0.636. The number of carbonyl (C=O) groups is 1. The summed E-state index contributed by atoms with van der Waals surface area (Å²) in [5.74, 6) is 0.276.